The third kappa shape index (κ3) is 1.12. The minimum absolute atomic E-state index is 0.600. The Morgan fingerprint density at radius 3 is 2.60 bits per heavy atom. The van der Waals surface area contributed by atoms with E-state index >= 15 is 0 Å². The zero-order valence-electron chi connectivity index (χ0n) is 5.63. The lowest BCUT2D eigenvalue weighted by atomic mass is 10.2. The summed E-state index contributed by atoms with van der Waals surface area (Å²) >= 11 is 5.76. The molecule has 0 radical (unpaired) electrons. The van der Waals surface area contributed by atoms with Crippen molar-refractivity contribution in [1.82, 2.24) is 0 Å². The van der Waals surface area contributed by atoms with Gasteiger partial charge >= 0.3 is 5.69 Å². The zero-order chi connectivity index (χ0) is 7.56. The predicted molar refractivity (Wildman–Crippen MR) is 44.2 cm³/mol. The van der Waals surface area contributed by atoms with Gasteiger partial charge in [0, 0.05) is 5.56 Å². The number of hydrogen-bond acceptors (Lipinski definition) is 0. The molecule has 10 heavy (non-hydrogen) atoms. The normalized spacial score (nSPS) is 8.90. The molecular weight excluding hydrogens is 146 g/mol. The first-order valence-corrected chi connectivity index (χ1v) is 3.29. The van der Waals surface area contributed by atoms with Gasteiger partial charge in [0.05, 0.1) is 0 Å². The van der Waals surface area contributed by atoms with E-state index in [0.29, 0.717) is 10.7 Å². The molecule has 0 saturated carbocycles. The lowest BCUT2D eigenvalue weighted by Gasteiger charge is -1.88. The molecule has 0 N–H and O–H groups in total. The summed E-state index contributed by atoms with van der Waals surface area (Å²) in [6.45, 7) is 7.01. The van der Waals surface area contributed by atoms with Gasteiger partial charge in [0.1, 0.15) is 5.02 Å². The van der Waals surface area contributed by atoms with Crippen molar-refractivity contribution in [2.45, 2.75) is 6.92 Å². The second kappa shape index (κ2) is 2.72. The summed E-state index contributed by atoms with van der Waals surface area (Å²) in [5, 5.41) is 0.600. The number of nitrogens with zero attached hydrogens (tertiary/aromatic N) is 1. The van der Waals surface area contributed by atoms with Crippen LogP contribution < -0.4 is 0 Å². The second-order valence-electron chi connectivity index (χ2n) is 2.03. The third-order valence-electron chi connectivity index (χ3n) is 1.32. The quantitative estimate of drug-likeness (QED) is 0.538. The number of benzene rings is 1. The van der Waals surface area contributed by atoms with E-state index in [1.807, 2.05) is 19.1 Å². The average molecular weight is 153 g/mol. The summed E-state index contributed by atoms with van der Waals surface area (Å²) in [5.74, 6) is 0. The van der Waals surface area contributed by atoms with Crippen LogP contribution in [0.5, 0.6) is 0 Å². The molecule has 0 aliphatic carbocycles. The topological polar surface area (TPSA) is 4.36 Å². The molecule has 0 saturated heterocycles. The molecular formula is C8H7ClN+. The molecule has 50 valence electrons. The third-order valence-corrected chi connectivity index (χ3v) is 1.62. The molecule has 0 aliphatic heterocycles. The van der Waals surface area contributed by atoms with Gasteiger partial charge in [-0.3, -0.25) is 0 Å². The van der Waals surface area contributed by atoms with Crippen molar-refractivity contribution < 1.29 is 0 Å². The molecule has 0 unspecified atom stereocenters. The molecule has 0 amide bonds. The molecule has 0 aliphatic rings. The number of halogens is 1. The maximum absolute atomic E-state index is 5.76. The van der Waals surface area contributed by atoms with Gasteiger partial charge < -0.3 is 0 Å². The van der Waals surface area contributed by atoms with Crippen LogP contribution in [0.1, 0.15) is 5.56 Å². The Hall–Kier alpha value is -1.00. The van der Waals surface area contributed by atoms with Gasteiger partial charge in [-0.2, -0.15) is 0 Å². The van der Waals surface area contributed by atoms with E-state index < -0.39 is 0 Å². The summed E-state index contributed by atoms with van der Waals surface area (Å²) in [6.07, 6.45) is 0. The SMILES string of the molecule is C#[N+]c1c(C)cccc1Cl. The van der Waals surface area contributed by atoms with E-state index in [4.69, 9.17) is 18.2 Å². The van der Waals surface area contributed by atoms with Crippen molar-refractivity contribution >= 4 is 17.3 Å². The number of rotatable bonds is 0. The lowest BCUT2D eigenvalue weighted by molar-refractivity contribution is 1.49. The van der Waals surface area contributed by atoms with Crippen molar-refractivity contribution in [3.05, 3.63) is 33.6 Å². The second-order valence-corrected chi connectivity index (χ2v) is 2.44. The first-order valence-electron chi connectivity index (χ1n) is 2.91. The van der Waals surface area contributed by atoms with Crippen LogP contribution in [0.15, 0.2) is 18.2 Å². The molecule has 1 aromatic rings. The fourth-order valence-electron chi connectivity index (χ4n) is 0.787. The molecule has 2 heteroatoms. The highest BCUT2D eigenvalue weighted by Crippen LogP contribution is 2.27. The van der Waals surface area contributed by atoms with Crippen LogP contribution in [0.3, 0.4) is 0 Å². The Morgan fingerprint density at radius 2 is 2.20 bits per heavy atom. The van der Waals surface area contributed by atoms with E-state index in [9.17, 15) is 0 Å². The Bertz CT molecular complexity index is 266. The van der Waals surface area contributed by atoms with Gasteiger partial charge in [-0.15, -0.1) is 0 Å². The minimum Gasteiger partial charge on any atom is -0.0756 e. The first kappa shape index (κ1) is 7.11. The molecule has 0 heterocycles. The van der Waals surface area contributed by atoms with Crippen LogP contribution in [0.4, 0.5) is 5.69 Å². The minimum atomic E-state index is 0.600. The molecule has 1 nitrogen and oxygen atoms in total. The van der Waals surface area contributed by atoms with Gasteiger partial charge in [0.25, 0.3) is 6.57 Å². The fourth-order valence-corrected chi connectivity index (χ4v) is 1.06. The van der Waals surface area contributed by atoms with Crippen molar-refractivity contribution in [1.29, 1.82) is 0 Å². The molecule has 0 spiro atoms. The highest BCUT2D eigenvalue weighted by molar-refractivity contribution is 6.33. The Morgan fingerprint density at radius 1 is 1.50 bits per heavy atom. The van der Waals surface area contributed by atoms with Crippen LogP contribution in [0.2, 0.25) is 5.02 Å². The highest BCUT2D eigenvalue weighted by Gasteiger charge is 2.10. The number of para-hydroxylation sites is 1. The molecule has 1 rings (SSSR count). The Balaban J connectivity index is 3.34. The van der Waals surface area contributed by atoms with Gasteiger partial charge in [-0.1, -0.05) is 23.7 Å². The van der Waals surface area contributed by atoms with Crippen LogP contribution in [-0.4, -0.2) is 0 Å². The summed E-state index contributed by atoms with van der Waals surface area (Å²) in [6, 6.07) is 5.55. The predicted octanol–water partition coefficient (Wildman–Crippen LogP) is 3.24. The van der Waals surface area contributed by atoms with Crippen molar-refractivity contribution in [3.8, 4) is 6.57 Å². The Kier molecular flexibility index (Phi) is 1.94. The zero-order valence-corrected chi connectivity index (χ0v) is 6.39. The maximum atomic E-state index is 5.76. The highest BCUT2D eigenvalue weighted by atomic mass is 35.5. The molecule has 0 atom stereocenters. The monoisotopic (exact) mass is 152 g/mol. The number of aryl methyl sites for hydroxylation is 1. The van der Waals surface area contributed by atoms with Crippen molar-refractivity contribution in [3.63, 3.8) is 0 Å². The van der Waals surface area contributed by atoms with E-state index in [-0.39, 0.29) is 0 Å². The van der Waals surface area contributed by atoms with E-state index in [1.54, 1.807) is 6.07 Å². The van der Waals surface area contributed by atoms with Gasteiger partial charge in [-0.25, -0.2) is 0 Å². The van der Waals surface area contributed by atoms with Crippen LogP contribution in [-0.2, 0) is 0 Å². The summed E-state index contributed by atoms with van der Waals surface area (Å²) in [7, 11) is 0. The largest absolute Gasteiger partial charge is 0.361 e. The summed E-state index contributed by atoms with van der Waals surface area (Å²) in [5.41, 5.74) is 1.67. The average Bonchev–Trinajstić information content (AvgIpc) is 1.88. The summed E-state index contributed by atoms with van der Waals surface area (Å²) in [4.78, 5) is 3.54. The number of hydrogen-bond donors (Lipinski definition) is 0. The van der Waals surface area contributed by atoms with Crippen LogP contribution >= 0.6 is 11.6 Å². The van der Waals surface area contributed by atoms with Gasteiger partial charge in [0.2, 0.25) is 0 Å². The van der Waals surface area contributed by atoms with Crippen LogP contribution in [0, 0.1) is 13.5 Å². The van der Waals surface area contributed by atoms with Gasteiger partial charge in [0.15, 0.2) is 0 Å². The maximum Gasteiger partial charge on any atom is 0.361 e. The lowest BCUT2D eigenvalue weighted by Crippen LogP contribution is -1.71. The molecule has 1 aromatic carbocycles. The van der Waals surface area contributed by atoms with Gasteiger partial charge in [-0.05, 0) is 17.8 Å². The van der Waals surface area contributed by atoms with Crippen molar-refractivity contribution in [2.75, 3.05) is 0 Å². The smallest absolute Gasteiger partial charge is 0.0756 e. The molecule has 0 fully saturated rings. The molecule has 0 aromatic heterocycles. The standard InChI is InChI=1S/C8H7ClN/c1-6-4-3-5-7(9)8(6)10-2/h2-5H,1H3/q+1. The van der Waals surface area contributed by atoms with E-state index in [2.05, 4.69) is 4.85 Å². The van der Waals surface area contributed by atoms with Crippen molar-refractivity contribution in [2.24, 2.45) is 0 Å². The molecule has 0 bridgehead atoms. The van der Waals surface area contributed by atoms with E-state index in [1.165, 1.54) is 0 Å². The van der Waals surface area contributed by atoms with Crippen LogP contribution in [0.25, 0.3) is 4.85 Å². The first-order chi connectivity index (χ1) is 4.75. The van der Waals surface area contributed by atoms with E-state index in [0.717, 1.165) is 5.56 Å². The Labute approximate surface area is 65.1 Å². The fraction of sp³-hybridized carbons (Fsp3) is 0.125. The summed E-state index contributed by atoms with van der Waals surface area (Å²) < 4.78 is 0.